The number of hydrogen-bond donors (Lipinski definition) is 0. The van der Waals surface area contributed by atoms with Crippen LogP contribution in [-0.4, -0.2) is 23.6 Å². The van der Waals surface area contributed by atoms with Gasteiger partial charge in [0.05, 0.1) is 23.9 Å². The van der Waals surface area contributed by atoms with Gasteiger partial charge in [-0.25, -0.2) is 9.78 Å². The van der Waals surface area contributed by atoms with Crippen LogP contribution in [0, 0.1) is 6.92 Å². The van der Waals surface area contributed by atoms with E-state index in [0.717, 1.165) is 5.56 Å². The van der Waals surface area contributed by atoms with E-state index in [9.17, 15) is 18.0 Å². The van der Waals surface area contributed by atoms with Crippen molar-refractivity contribution in [1.29, 1.82) is 0 Å². The van der Waals surface area contributed by atoms with E-state index in [4.69, 9.17) is 4.74 Å². The molecule has 0 bridgehead atoms. The van der Waals surface area contributed by atoms with Crippen LogP contribution in [0.25, 0.3) is 22.2 Å². The van der Waals surface area contributed by atoms with Gasteiger partial charge in [0.15, 0.2) is 0 Å². The number of carbonyl (C=O) groups is 1. The Bertz CT molecular complexity index is 972. The molecule has 0 spiro atoms. The lowest BCUT2D eigenvalue weighted by atomic mass is 9.98. The van der Waals surface area contributed by atoms with Crippen LogP contribution in [0.3, 0.4) is 0 Å². The fourth-order valence-corrected chi connectivity index (χ4v) is 3.36. The molecular weight excluding hydrogens is 363 g/mol. The van der Waals surface area contributed by atoms with Gasteiger partial charge >= 0.3 is 11.5 Å². The summed E-state index contributed by atoms with van der Waals surface area (Å²) in [6.07, 6.45) is 0. The topological polar surface area (TPSA) is 39.2 Å². The van der Waals surface area contributed by atoms with E-state index < -0.39 is 11.5 Å². The predicted molar refractivity (Wildman–Crippen MR) is 95.2 cm³/mol. The van der Waals surface area contributed by atoms with Gasteiger partial charge in [0.1, 0.15) is 0 Å². The summed E-state index contributed by atoms with van der Waals surface area (Å²) >= 11 is -0.230. The van der Waals surface area contributed by atoms with E-state index in [-0.39, 0.29) is 22.2 Å². The van der Waals surface area contributed by atoms with Gasteiger partial charge < -0.3 is 4.74 Å². The molecule has 0 amide bonds. The van der Waals surface area contributed by atoms with E-state index in [1.54, 1.807) is 6.92 Å². The fraction of sp³-hybridized carbons (Fsp3) is 0.158. The lowest BCUT2D eigenvalue weighted by molar-refractivity contribution is -0.0328. The molecule has 0 aliphatic rings. The fourth-order valence-electron chi connectivity index (χ4n) is 2.78. The quantitative estimate of drug-likeness (QED) is 0.439. The van der Waals surface area contributed by atoms with E-state index in [0.29, 0.717) is 22.2 Å². The molecule has 1 heterocycles. The largest absolute Gasteiger partial charge is 0.465 e. The minimum Gasteiger partial charge on any atom is -0.465 e. The standard InChI is InChI=1S/C19H14F3NO2S/c1-11-16(18(24)25-2)14-10-13(26-19(20,21)22)8-9-15(14)23-17(11)12-6-4-3-5-7-12/h3-10H,1-2H3. The second kappa shape index (κ2) is 6.99. The Hall–Kier alpha value is -2.54. The van der Waals surface area contributed by atoms with Crippen LogP contribution in [0.5, 0.6) is 0 Å². The zero-order valence-corrected chi connectivity index (χ0v) is 14.7. The summed E-state index contributed by atoms with van der Waals surface area (Å²) in [5, 5.41) is 0.336. The first-order chi connectivity index (χ1) is 12.3. The Morgan fingerprint density at radius 2 is 1.81 bits per heavy atom. The summed E-state index contributed by atoms with van der Waals surface area (Å²) in [4.78, 5) is 16.9. The summed E-state index contributed by atoms with van der Waals surface area (Å²) in [6.45, 7) is 1.71. The first-order valence-corrected chi connectivity index (χ1v) is 8.45. The lowest BCUT2D eigenvalue weighted by Crippen LogP contribution is -2.08. The summed E-state index contributed by atoms with van der Waals surface area (Å²) in [7, 11) is 1.24. The van der Waals surface area contributed by atoms with Crippen molar-refractivity contribution >= 4 is 28.6 Å². The molecule has 0 aliphatic carbocycles. The van der Waals surface area contributed by atoms with Crippen molar-refractivity contribution in [2.24, 2.45) is 0 Å². The number of halogens is 3. The minimum atomic E-state index is -4.41. The SMILES string of the molecule is COC(=O)c1c(C)c(-c2ccccc2)nc2ccc(SC(F)(F)F)cc12. The molecule has 0 unspecified atom stereocenters. The zero-order valence-electron chi connectivity index (χ0n) is 13.9. The van der Waals surface area contributed by atoms with Crippen molar-refractivity contribution in [1.82, 2.24) is 4.98 Å². The maximum absolute atomic E-state index is 12.7. The number of esters is 1. The van der Waals surface area contributed by atoms with Crippen LogP contribution in [-0.2, 0) is 4.74 Å². The average molecular weight is 377 g/mol. The first-order valence-electron chi connectivity index (χ1n) is 7.64. The van der Waals surface area contributed by atoms with Crippen molar-refractivity contribution in [2.75, 3.05) is 7.11 Å². The number of thioether (sulfide) groups is 1. The highest BCUT2D eigenvalue weighted by atomic mass is 32.2. The number of pyridine rings is 1. The normalized spacial score (nSPS) is 11.6. The smallest absolute Gasteiger partial charge is 0.446 e. The summed E-state index contributed by atoms with van der Waals surface area (Å²) < 4.78 is 42.9. The van der Waals surface area contributed by atoms with Gasteiger partial charge in [-0.1, -0.05) is 30.3 Å². The van der Waals surface area contributed by atoms with Crippen molar-refractivity contribution in [2.45, 2.75) is 17.3 Å². The molecule has 2 aromatic carbocycles. The molecule has 0 saturated carbocycles. The number of fused-ring (bicyclic) bond motifs is 1. The second-order valence-corrected chi connectivity index (χ2v) is 6.68. The molecule has 0 N–H and O–H groups in total. The Morgan fingerprint density at radius 1 is 1.12 bits per heavy atom. The molecule has 3 rings (SSSR count). The van der Waals surface area contributed by atoms with Gasteiger partial charge in [-0.3, -0.25) is 0 Å². The average Bonchev–Trinajstić information content (AvgIpc) is 2.60. The van der Waals surface area contributed by atoms with Crippen LogP contribution in [0.4, 0.5) is 13.2 Å². The van der Waals surface area contributed by atoms with Crippen LogP contribution < -0.4 is 0 Å². The number of carbonyl (C=O) groups excluding carboxylic acids is 1. The molecule has 1 aromatic heterocycles. The Morgan fingerprint density at radius 3 is 2.42 bits per heavy atom. The Labute approximate surface area is 152 Å². The second-order valence-electron chi connectivity index (χ2n) is 5.54. The molecule has 3 nitrogen and oxygen atoms in total. The summed E-state index contributed by atoms with van der Waals surface area (Å²) in [6, 6.07) is 13.4. The highest BCUT2D eigenvalue weighted by molar-refractivity contribution is 8.00. The molecule has 0 aliphatic heterocycles. The molecule has 26 heavy (non-hydrogen) atoms. The van der Waals surface area contributed by atoms with E-state index in [2.05, 4.69) is 4.98 Å². The molecule has 0 radical (unpaired) electrons. The van der Waals surface area contributed by atoms with E-state index >= 15 is 0 Å². The number of hydrogen-bond acceptors (Lipinski definition) is 4. The molecule has 0 atom stereocenters. The zero-order chi connectivity index (χ0) is 18.9. The number of rotatable bonds is 3. The Balaban J connectivity index is 2.27. The van der Waals surface area contributed by atoms with Gasteiger partial charge in [-0.15, -0.1) is 0 Å². The first kappa shape index (κ1) is 18.3. The summed E-state index contributed by atoms with van der Waals surface area (Å²) in [5.41, 5.74) is -1.79. The van der Waals surface area contributed by atoms with Crippen LogP contribution >= 0.6 is 11.8 Å². The molecule has 0 saturated heterocycles. The molecular formula is C19H14F3NO2S. The highest BCUT2D eigenvalue weighted by Crippen LogP contribution is 2.39. The molecule has 3 aromatic rings. The van der Waals surface area contributed by atoms with Crippen LogP contribution in [0.15, 0.2) is 53.4 Å². The third kappa shape index (κ3) is 3.67. The highest BCUT2D eigenvalue weighted by Gasteiger charge is 2.30. The van der Waals surface area contributed by atoms with Gasteiger partial charge in [0.25, 0.3) is 0 Å². The maximum atomic E-state index is 12.7. The van der Waals surface area contributed by atoms with Crippen LogP contribution in [0.2, 0.25) is 0 Å². The van der Waals surface area contributed by atoms with E-state index in [1.807, 2.05) is 30.3 Å². The monoisotopic (exact) mass is 377 g/mol. The number of nitrogens with zero attached hydrogens (tertiary/aromatic N) is 1. The van der Waals surface area contributed by atoms with Gasteiger partial charge in [-0.2, -0.15) is 13.2 Å². The number of aromatic nitrogens is 1. The number of benzene rings is 2. The number of ether oxygens (including phenoxy) is 1. The Kier molecular flexibility index (Phi) is 4.91. The third-order valence-electron chi connectivity index (χ3n) is 3.87. The number of alkyl halides is 3. The summed E-state index contributed by atoms with van der Waals surface area (Å²) in [5.74, 6) is -0.610. The van der Waals surface area contributed by atoms with Crippen molar-refractivity contribution in [3.8, 4) is 11.3 Å². The van der Waals surface area contributed by atoms with E-state index in [1.165, 1.54) is 25.3 Å². The third-order valence-corrected chi connectivity index (χ3v) is 4.59. The van der Waals surface area contributed by atoms with Gasteiger partial charge in [0, 0.05) is 15.8 Å². The molecule has 0 fully saturated rings. The van der Waals surface area contributed by atoms with Crippen molar-refractivity contribution in [3.05, 3.63) is 59.7 Å². The van der Waals surface area contributed by atoms with Gasteiger partial charge in [0.2, 0.25) is 0 Å². The predicted octanol–water partition coefficient (Wildman–Crippen LogP) is 5.61. The van der Waals surface area contributed by atoms with Gasteiger partial charge in [-0.05, 0) is 42.4 Å². The van der Waals surface area contributed by atoms with Crippen molar-refractivity contribution in [3.63, 3.8) is 0 Å². The minimum absolute atomic E-state index is 0.0104. The molecule has 134 valence electrons. The lowest BCUT2D eigenvalue weighted by Gasteiger charge is -2.14. The van der Waals surface area contributed by atoms with Crippen molar-refractivity contribution < 1.29 is 22.7 Å². The van der Waals surface area contributed by atoms with Crippen LogP contribution in [0.1, 0.15) is 15.9 Å². The number of methoxy groups -OCH3 is 1. The molecule has 7 heteroatoms. The maximum Gasteiger partial charge on any atom is 0.446 e.